The second-order valence-electron chi connectivity index (χ2n) is 14.8. The van der Waals surface area contributed by atoms with Gasteiger partial charge in [-0.1, -0.05) is 82.3 Å². The van der Waals surface area contributed by atoms with Crippen LogP contribution in [0, 0.1) is 5.92 Å². The van der Waals surface area contributed by atoms with Crippen molar-refractivity contribution >= 4 is 17.9 Å². The van der Waals surface area contributed by atoms with E-state index in [1.165, 1.54) is 0 Å². The zero-order valence-electron chi connectivity index (χ0n) is 32.4. The van der Waals surface area contributed by atoms with E-state index in [0.717, 1.165) is 78.2 Å². The molecule has 292 valence electrons. The van der Waals surface area contributed by atoms with Crippen molar-refractivity contribution in [2.75, 3.05) is 26.2 Å². The molecule has 14 nitrogen and oxygen atoms in total. The van der Waals surface area contributed by atoms with Crippen molar-refractivity contribution in [2.45, 2.75) is 77.5 Å². The highest BCUT2D eigenvalue weighted by atomic mass is 16.4. The van der Waals surface area contributed by atoms with Gasteiger partial charge in [0.25, 0.3) is 0 Å². The lowest BCUT2D eigenvalue weighted by Crippen LogP contribution is -2.50. The molecule has 3 aromatic heterocycles. The highest BCUT2D eigenvalue weighted by Gasteiger charge is 2.39. The third kappa shape index (κ3) is 7.92. The summed E-state index contributed by atoms with van der Waals surface area (Å²) in [4.78, 5) is 70.4. The van der Waals surface area contributed by atoms with Crippen molar-refractivity contribution < 1.29 is 19.5 Å². The van der Waals surface area contributed by atoms with Crippen LogP contribution in [0.5, 0.6) is 0 Å². The fourth-order valence-corrected chi connectivity index (χ4v) is 8.07. The highest BCUT2D eigenvalue weighted by Crippen LogP contribution is 2.36. The van der Waals surface area contributed by atoms with Crippen LogP contribution in [-0.2, 0) is 9.59 Å². The van der Waals surface area contributed by atoms with E-state index in [0.29, 0.717) is 24.7 Å². The lowest BCUT2D eigenvalue weighted by molar-refractivity contribution is -0.138. The first-order chi connectivity index (χ1) is 27.2. The van der Waals surface area contributed by atoms with Crippen molar-refractivity contribution in [3.8, 4) is 33.9 Å². The van der Waals surface area contributed by atoms with E-state index < -0.39 is 12.1 Å². The van der Waals surface area contributed by atoms with E-state index in [-0.39, 0.29) is 35.9 Å². The number of rotatable bonds is 13. The number of hydrogen-bond acceptors (Lipinski definition) is 8. The van der Waals surface area contributed by atoms with Crippen molar-refractivity contribution in [1.82, 2.24) is 49.9 Å². The molecule has 3 amide bonds. The number of benzene rings is 2. The maximum Gasteiger partial charge on any atom is 0.405 e. The summed E-state index contributed by atoms with van der Waals surface area (Å²) in [5.41, 5.74) is 5.19. The Bertz CT molecular complexity index is 2110. The van der Waals surface area contributed by atoms with Crippen molar-refractivity contribution in [2.24, 2.45) is 5.92 Å². The quantitative estimate of drug-likeness (QED) is 0.103. The summed E-state index contributed by atoms with van der Waals surface area (Å²) in [5, 5.41) is 11.7. The number of likely N-dealkylation sites (tertiary alicyclic amines) is 2. The van der Waals surface area contributed by atoms with Gasteiger partial charge in [0, 0.05) is 36.6 Å². The molecular formula is C42H50N10O4. The fourth-order valence-electron chi connectivity index (χ4n) is 8.07. The summed E-state index contributed by atoms with van der Waals surface area (Å²) < 4.78 is 0. The first kappa shape index (κ1) is 38.4. The molecule has 5 heterocycles. The number of carbonyl (C=O) groups excluding carboxylic acids is 2. The smallest absolute Gasteiger partial charge is 0.405 e. The van der Waals surface area contributed by atoms with Crippen LogP contribution in [0.15, 0.2) is 79.4 Å². The average molecular weight is 759 g/mol. The average Bonchev–Trinajstić information content (AvgIpc) is 4.06. The number of aromatic amines is 2. The van der Waals surface area contributed by atoms with Gasteiger partial charge in [0.1, 0.15) is 23.7 Å². The van der Waals surface area contributed by atoms with Gasteiger partial charge in [0.2, 0.25) is 11.8 Å². The first-order valence-corrected chi connectivity index (χ1v) is 19.6. The Kier molecular flexibility index (Phi) is 11.6. The van der Waals surface area contributed by atoms with Crippen LogP contribution < -0.4 is 5.32 Å². The monoisotopic (exact) mass is 758 g/mol. The third-order valence-corrected chi connectivity index (χ3v) is 11.0. The highest BCUT2D eigenvalue weighted by molar-refractivity contribution is 5.86. The van der Waals surface area contributed by atoms with E-state index in [1.807, 2.05) is 79.5 Å². The molecule has 5 aromatic rings. The van der Waals surface area contributed by atoms with E-state index >= 15 is 0 Å². The number of carboxylic acid groups (broad SMARTS) is 1. The minimum absolute atomic E-state index is 0.114. The summed E-state index contributed by atoms with van der Waals surface area (Å²) in [7, 11) is 0. The standard InChI is InChI=1S/C42H50N10O4/c1-5-50(6-2)36(28-12-8-7-9-13-28)41(54)52-21-11-15-34(52)39-45-24-31(47-39)27-16-18-29(19-17-27)37-43-22-30(23-44-37)32-25-46-38(48-32)33-14-10-20-51(33)40(53)35(26(3)4)49-42(55)56/h7-9,12-13,16-19,22-26,33-36,49H,5-6,10-11,14-15,20-21H2,1-4H3,(H,45,47)(H,46,48)(H,55,56)/t33-,34-,35-,36+/m0/s1. The molecule has 2 fully saturated rings. The summed E-state index contributed by atoms with van der Waals surface area (Å²) in [6.07, 6.45) is 9.13. The molecule has 0 aliphatic carbocycles. The molecule has 4 atom stereocenters. The minimum atomic E-state index is -1.22. The van der Waals surface area contributed by atoms with Gasteiger partial charge >= 0.3 is 6.09 Å². The normalized spacial score (nSPS) is 18.1. The van der Waals surface area contributed by atoms with Crippen molar-refractivity contribution in [3.63, 3.8) is 0 Å². The van der Waals surface area contributed by atoms with E-state index in [9.17, 15) is 19.5 Å². The largest absolute Gasteiger partial charge is 0.465 e. The van der Waals surface area contributed by atoms with Gasteiger partial charge in [-0.25, -0.2) is 24.7 Å². The Morgan fingerprint density at radius 2 is 1.29 bits per heavy atom. The molecule has 14 heteroatoms. The molecule has 0 radical (unpaired) electrons. The molecule has 56 heavy (non-hydrogen) atoms. The van der Waals surface area contributed by atoms with Crippen molar-refractivity contribution in [3.05, 3.63) is 96.6 Å². The van der Waals surface area contributed by atoms with E-state index in [4.69, 9.17) is 4.98 Å². The van der Waals surface area contributed by atoms with Gasteiger partial charge < -0.3 is 30.2 Å². The molecule has 2 aromatic carbocycles. The summed E-state index contributed by atoms with van der Waals surface area (Å²) in [6, 6.07) is 16.5. The van der Waals surface area contributed by atoms with E-state index in [2.05, 4.69) is 49.0 Å². The molecule has 2 aliphatic rings. The SMILES string of the molecule is CCN(CC)[C@@H](C(=O)N1CCC[C@H]1c1ncc(-c2ccc(-c3ncc(-c4cnc([C@@H]5CCCN5C(=O)[C@@H](NC(=O)O)C(C)C)[nH]4)cn3)cc2)[nH]1)c1ccccc1. The molecule has 7 rings (SSSR count). The molecule has 2 aliphatic heterocycles. The molecule has 0 saturated carbocycles. The van der Waals surface area contributed by atoms with Crippen LogP contribution in [-0.4, -0.2) is 99.8 Å². The maximum absolute atomic E-state index is 14.2. The molecule has 0 unspecified atom stereocenters. The van der Waals surface area contributed by atoms with Gasteiger partial charge in [0.15, 0.2) is 5.82 Å². The molecular weight excluding hydrogens is 709 g/mol. The topological polar surface area (TPSA) is 176 Å². The molecule has 4 N–H and O–H groups in total. The minimum Gasteiger partial charge on any atom is -0.465 e. The van der Waals surface area contributed by atoms with Crippen LogP contribution in [0.25, 0.3) is 33.9 Å². The number of nitrogens with one attached hydrogen (secondary N) is 3. The molecule has 2 saturated heterocycles. The Morgan fingerprint density at radius 1 is 0.750 bits per heavy atom. The number of likely N-dealkylation sites (N-methyl/N-ethyl adjacent to an activating group) is 1. The van der Waals surface area contributed by atoms with Crippen LogP contribution in [0.3, 0.4) is 0 Å². The number of hydrogen-bond donors (Lipinski definition) is 4. The zero-order chi connectivity index (χ0) is 39.3. The zero-order valence-corrected chi connectivity index (χ0v) is 32.4. The van der Waals surface area contributed by atoms with E-state index in [1.54, 1.807) is 23.5 Å². The number of imidazole rings is 2. The lowest BCUT2D eigenvalue weighted by atomic mass is 10.0. The van der Waals surface area contributed by atoms with Crippen LogP contribution in [0.4, 0.5) is 4.79 Å². The Labute approximate surface area is 326 Å². The summed E-state index contributed by atoms with van der Waals surface area (Å²) >= 11 is 0. The molecule has 0 spiro atoms. The van der Waals surface area contributed by atoms with Gasteiger partial charge in [-0.2, -0.15) is 0 Å². The van der Waals surface area contributed by atoms with Gasteiger partial charge in [-0.05, 0) is 55.8 Å². The van der Waals surface area contributed by atoms with Gasteiger partial charge in [0.05, 0.1) is 35.9 Å². The Balaban J connectivity index is 1.02. The number of aromatic nitrogens is 6. The van der Waals surface area contributed by atoms with Crippen LogP contribution in [0.2, 0.25) is 0 Å². The Hall–Kier alpha value is -5.89. The fraction of sp³-hybridized carbons (Fsp3) is 0.405. The maximum atomic E-state index is 14.2. The summed E-state index contributed by atoms with van der Waals surface area (Å²) in [5.74, 6) is 1.69. The first-order valence-electron chi connectivity index (χ1n) is 19.6. The van der Waals surface area contributed by atoms with Crippen molar-refractivity contribution in [1.29, 1.82) is 0 Å². The predicted octanol–water partition coefficient (Wildman–Crippen LogP) is 6.63. The third-order valence-electron chi connectivity index (χ3n) is 11.0. The number of amides is 3. The van der Waals surface area contributed by atoms with Gasteiger partial charge in [-0.3, -0.25) is 14.5 Å². The predicted molar refractivity (Wildman–Crippen MR) is 212 cm³/mol. The second-order valence-corrected chi connectivity index (χ2v) is 14.8. The molecule has 0 bridgehead atoms. The number of nitrogens with zero attached hydrogens (tertiary/aromatic N) is 7. The number of carbonyl (C=O) groups is 3. The van der Waals surface area contributed by atoms with Crippen LogP contribution in [0.1, 0.15) is 88.7 Å². The second kappa shape index (κ2) is 16.9. The van der Waals surface area contributed by atoms with Gasteiger partial charge in [-0.15, -0.1) is 0 Å². The summed E-state index contributed by atoms with van der Waals surface area (Å²) in [6.45, 7) is 10.6. The van der Waals surface area contributed by atoms with Crippen LogP contribution >= 0.6 is 0 Å². The lowest BCUT2D eigenvalue weighted by Gasteiger charge is -2.34. The number of H-pyrrole nitrogens is 2. The Morgan fingerprint density at radius 3 is 1.82 bits per heavy atom.